The van der Waals surface area contributed by atoms with Crippen molar-refractivity contribution in [3.05, 3.63) is 33.8 Å². The lowest BCUT2D eigenvalue weighted by molar-refractivity contribution is 0.102. The largest absolute Gasteiger partial charge is 0.399 e. The average Bonchev–Trinajstić information content (AvgIpc) is 2.75. The minimum absolute atomic E-state index is 0.303. The molecule has 1 heterocycles. The lowest BCUT2D eigenvalue weighted by atomic mass is 10.2. The zero-order valence-electron chi connectivity index (χ0n) is 9.61. The molecule has 0 aliphatic heterocycles. The molecule has 18 heavy (non-hydrogen) atoms. The van der Waals surface area contributed by atoms with E-state index in [9.17, 15) is 4.79 Å². The molecule has 0 aliphatic carbocycles. The molecule has 2 rings (SSSR count). The number of amides is 1. The van der Waals surface area contributed by atoms with Gasteiger partial charge in [0, 0.05) is 16.3 Å². The summed E-state index contributed by atoms with van der Waals surface area (Å²) in [4.78, 5) is 11.9. The van der Waals surface area contributed by atoms with Crippen LogP contribution in [0.4, 0.5) is 10.8 Å². The molecule has 0 saturated heterocycles. The molecule has 2 aromatic rings. The molecule has 0 aliphatic rings. The second-order valence-corrected chi connectivity index (χ2v) is 5.08. The van der Waals surface area contributed by atoms with Gasteiger partial charge in [-0.25, -0.2) is 0 Å². The van der Waals surface area contributed by atoms with Crippen molar-refractivity contribution in [3.63, 3.8) is 0 Å². The van der Waals surface area contributed by atoms with Gasteiger partial charge in [0.05, 0.1) is 0 Å². The number of hydrogen-bond donors (Lipinski definition) is 2. The van der Waals surface area contributed by atoms with Crippen LogP contribution < -0.4 is 11.1 Å². The van der Waals surface area contributed by atoms with Gasteiger partial charge in [-0.1, -0.05) is 29.9 Å². The van der Waals surface area contributed by atoms with Crippen LogP contribution in [0.15, 0.2) is 18.2 Å². The van der Waals surface area contributed by atoms with Gasteiger partial charge < -0.3 is 5.73 Å². The summed E-state index contributed by atoms with van der Waals surface area (Å²) >= 11 is 7.18. The van der Waals surface area contributed by atoms with E-state index < -0.39 is 0 Å². The molecule has 1 aromatic carbocycles. The van der Waals surface area contributed by atoms with Gasteiger partial charge in [0.25, 0.3) is 5.91 Å². The first-order valence-corrected chi connectivity index (χ1v) is 6.47. The average molecular weight is 283 g/mol. The van der Waals surface area contributed by atoms with Crippen LogP contribution in [0.1, 0.15) is 22.3 Å². The van der Waals surface area contributed by atoms with Crippen molar-refractivity contribution >= 4 is 39.7 Å². The number of nitrogens with two attached hydrogens (primary N) is 1. The highest BCUT2D eigenvalue weighted by Gasteiger charge is 2.10. The Balaban J connectivity index is 2.16. The summed E-state index contributed by atoms with van der Waals surface area (Å²) < 4.78 is 0. The first-order chi connectivity index (χ1) is 8.58. The third-order valence-corrected chi connectivity index (χ3v) is 3.37. The lowest BCUT2D eigenvalue weighted by Gasteiger charge is -2.03. The normalized spacial score (nSPS) is 10.3. The van der Waals surface area contributed by atoms with E-state index in [1.165, 1.54) is 11.3 Å². The molecule has 3 N–H and O–H groups in total. The zero-order chi connectivity index (χ0) is 13.1. The highest BCUT2D eigenvalue weighted by Crippen LogP contribution is 2.19. The number of carbonyl (C=O) groups excluding carboxylic acids is 1. The molecular formula is C11H11ClN4OS. The fourth-order valence-electron chi connectivity index (χ4n) is 1.36. The van der Waals surface area contributed by atoms with E-state index in [0.717, 1.165) is 11.4 Å². The molecule has 1 aromatic heterocycles. The second-order valence-electron chi connectivity index (χ2n) is 3.58. The monoisotopic (exact) mass is 282 g/mol. The van der Waals surface area contributed by atoms with Crippen molar-refractivity contribution in [2.24, 2.45) is 0 Å². The van der Waals surface area contributed by atoms with Gasteiger partial charge in [0.15, 0.2) is 0 Å². The van der Waals surface area contributed by atoms with Crippen molar-refractivity contribution in [3.8, 4) is 0 Å². The van der Waals surface area contributed by atoms with Crippen LogP contribution in [-0.4, -0.2) is 16.1 Å². The van der Waals surface area contributed by atoms with E-state index in [2.05, 4.69) is 15.5 Å². The molecule has 0 unspecified atom stereocenters. The first kappa shape index (κ1) is 12.8. The Bertz CT molecular complexity index is 564. The maximum absolute atomic E-state index is 11.9. The maximum Gasteiger partial charge on any atom is 0.257 e. The predicted octanol–water partition coefficient (Wildman–Crippen LogP) is 2.59. The number of rotatable bonds is 3. The SMILES string of the molecule is CCc1nnc(NC(=O)c2cc(N)cc(Cl)c2)s1. The maximum atomic E-state index is 11.9. The Morgan fingerprint density at radius 1 is 1.44 bits per heavy atom. The van der Waals surface area contributed by atoms with Gasteiger partial charge in [0.1, 0.15) is 5.01 Å². The van der Waals surface area contributed by atoms with Crippen LogP contribution in [0.5, 0.6) is 0 Å². The summed E-state index contributed by atoms with van der Waals surface area (Å²) in [6, 6.07) is 4.69. The number of halogens is 1. The van der Waals surface area contributed by atoms with E-state index in [1.807, 2.05) is 6.92 Å². The Kier molecular flexibility index (Phi) is 3.78. The van der Waals surface area contributed by atoms with Gasteiger partial charge in [-0.05, 0) is 24.6 Å². The summed E-state index contributed by atoms with van der Waals surface area (Å²) in [6.07, 6.45) is 0.789. The lowest BCUT2D eigenvalue weighted by Crippen LogP contribution is -2.12. The molecule has 7 heteroatoms. The van der Waals surface area contributed by atoms with Crippen LogP contribution in [-0.2, 0) is 6.42 Å². The van der Waals surface area contributed by atoms with Gasteiger partial charge >= 0.3 is 0 Å². The number of nitrogen functional groups attached to an aromatic ring is 1. The van der Waals surface area contributed by atoms with E-state index in [0.29, 0.717) is 21.4 Å². The second kappa shape index (κ2) is 5.32. The highest BCUT2D eigenvalue weighted by molar-refractivity contribution is 7.15. The van der Waals surface area contributed by atoms with E-state index in [4.69, 9.17) is 17.3 Å². The molecule has 0 atom stereocenters. The molecule has 5 nitrogen and oxygen atoms in total. The van der Waals surface area contributed by atoms with Crippen LogP contribution in [0.25, 0.3) is 0 Å². The van der Waals surface area contributed by atoms with E-state index >= 15 is 0 Å². The number of hydrogen-bond acceptors (Lipinski definition) is 5. The number of anilines is 2. The van der Waals surface area contributed by atoms with Crippen molar-refractivity contribution in [1.29, 1.82) is 0 Å². The number of aromatic nitrogens is 2. The molecule has 0 fully saturated rings. The molecule has 0 saturated carbocycles. The van der Waals surface area contributed by atoms with E-state index in [-0.39, 0.29) is 5.91 Å². The molecule has 0 bridgehead atoms. The Morgan fingerprint density at radius 3 is 2.83 bits per heavy atom. The predicted molar refractivity (Wildman–Crippen MR) is 73.1 cm³/mol. The Labute approximate surface area is 113 Å². The van der Waals surface area contributed by atoms with Gasteiger partial charge in [-0.15, -0.1) is 10.2 Å². The summed E-state index contributed by atoms with van der Waals surface area (Å²) in [7, 11) is 0. The number of nitrogens with one attached hydrogen (secondary N) is 1. The molecule has 0 spiro atoms. The Hall–Kier alpha value is -1.66. The standard InChI is InChI=1S/C11H11ClN4OS/c1-2-9-15-16-11(18-9)14-10(17)6-3-7(12)5-8(13)4-6/h3-5H,2,13H2,1H3,(H,14,16,17). The van der Waals surface area contributed by atoms with Crippen molar-refractivity contribution in [2.75, 3.05) is 11.1 Å². The van der Waals surface area contributed by atoms with Crippen LogP contribution >= 0.6 is 22.9 Å². The third-order valence-electron chi connectivity index (χ3n) is 2.17. The molecule has 0 radical (unpaired) electrons. The van der Waals surface area contributed by atoms with Gasteiger partial charge in [-0.2, -0.15) is 0 Å². The number of aryl methyl sites for hydroxylation is 1. The fraction of sp³-hybridized carbons (Fsp3) is 0.182. The fourth-order valence-corrected chi connectivity index (χ4v) is 2.28. The van der Waals surface area contributed by atoms with Crippen molar-refractivity contribution in [2.45, 2.75) is 13.3 Å². The zero-order valence-corrected chi connectivity index (χ0v) is 11.2. The molecule has 94 valence electrons. The highest BCUT2D eigenvalue weighted by atomic mass is 35.5. The topological polar surface area (TPSA) is 80.9 Å². The number of benzene rings is 1. The Morgan fingerprint density at radius 2 is 2.22 bits per heavy atom. The minimum atomic E-state index is -0.303. The number of carbonyl (C=O) groups is 1. The van der Waals surface area contributed by atoms with Crippen molar-refractivity contribution < 1.29 is 4.79 Å². The smallest absolute Gasteiger partial charge is 0.257 e. The molecular weight excluding hydrogens is 272 g/mol. The van der Waals surface area contributed by atoms with Crippen LogP contribution in [0.2, 0.25) is 5.02 Å². The van der Waals surface area contributed by atoms with Crippen LogP contribution in [0.3, 0.4) is 0 Å². The summed E-state index contributed by atoms with van der Waals surface area (Å²) in [5.74, 6) is -0.303. The van der Waals surface area contributed by atoms with E-state index in [1.54, 1.807) is 18.2 Å². The summed E-state index contributed by atoms with van der Waals surface area (Å²) in [6.45, 7) is 1.98. The summed E-state index contributed by atoms with van der Waals surface area (Å²) in [5.41, 5.74) is 6.47. The minimum Gasteiger partial charge on any atom is -0.399 e. The first-order valence-electron chi connectivity index (χ1n) is 5.28. The van der Waals surface area contributed by atoms with Crippen LogP contribution in [0, 0.1) is 0 Å². The third kappa shape index (κ3) is 2.96. The quantitative estimate of drug-likeness (QED) is 0.848. The summed E-state index contributed by atoms with van der Waals surface area (Å²) in [5, 5.41) is 12.2. The van der Waals surface area contributed by atoms with Crippen molar-refractivity contribution in [1.82, 2.24) is 10.2 Å². The molecule has 1 amide bonds. The number of nitrogens with zero attached hydrogens (tertiary/aromatic N) is 2. The van der Waals surface area contributed by atoms with Gasteiger partial charge in [-0.3, -0.25) is 10.1 Å². The van der Waals surface area contributed by atoms with Gasteiger partial charge in [0.2, 0.25) is 5.13 Å².